The molecule has 2 saturated heterocycles. The number of methoxy groups -OCH3 is 2. The molecule has 8 rings (SSSR count). The molecule has 336 valence electrons. The molecule has 2 aliphatic carbocycles. The van der Waals surface area contributed by atoms with E-state index in [9.17, 15) is 54.2 Å². The highest BCUT2D eigenvalue weighted by atomic mass is 35.5. The number of halogens is 11. The van der Waals surface area contributed by atoms with Crippen molar-refractivity contribution in [2.24, 2.45) is 23.7 Å². The maximum absolute atomic E-state index is 15.5. The van der Waals surface area contributed by atoms with Crippen LogP contribution >= 0.6 is 23.2 Å². The Hall–Kier alpha value is -6.02. The minimum absolute atomic E-state index is 0.0205. The number of hydrazine groups is 1. The van der Waals surface area contributed by atoms with Crippen LogP contribution in [0.5, 0.6) is 17.2 Å². The van der Waals surface area contributed by atoms with E-state index in [0.29, 0.717) is 17.3 Å². The summed E-state index contributed by atoms with van der Waals surface area (Å²) in [6.45, 7) is 0. The monoisotopic (exact) mass is 942 g/mol. The standard InChI is InChI=1S/C42H29Cl2F9N4O7/c1-63-29-13-23(58)14-30(64-2)32(29)33-24-7-8-25-31(37(61)56(35(25)59)22-10-18(40(45,46)47)9-19(11-22)41(48,49)50)26(24)15-27-36(60)57(38(62)39(27,33)17-3-5-21(43)6-4-17)55-34-28(44)12-20(16-54-34)42(51,52)53/h3-7,9-14,16,25-27,31,33,58H,8,15H2,1-2H3,(H,54,55). The number of nitrogens with zero attached hydrogens (tertiary/aromatic N) is 3. The first-order valence-electron chi connectivity index (χ1n) is 18.9. The average molecular weight is 944 g/mol. The molecule has 6 unspecified atom stereocenters. The summed E-state index contributed by atoms with van der Waals surface area (Å²) in [4.78, 5) is 63.4. The molecule has 0 spiro atoms. The number of phenols is 1. The second-order valence-corrected chi connectivity index (χ2v) is 16.3. The molecule has 6 atom stereocenters. The van der Waals surface area contributed by atoms with Crippen LogP contribution in [0.1, 0.15) is 46.6 Å². The quantitative estimate of drug-likeness (QED) is 0.106. The first-order chi connectivity index (χ1) is 29.9. The van der Waals surface area contributed by atoms with E-state index >= 15 is 9.59 Å². The van der Waals surface area contributed by atoms with E-state index in [1.165, 1.54) is 56.7 Å². The number of allylic oxidation sites excluding steroid dienone is 2. The SMILES string of the molecule is COc1cc(O)cc(OC)c1C1C2=CCC3C(=O)N(c4cc(C(F)(F)F)cc(C(F)(F)F)c4)C(=O)C3C2CC2C(=O)N(Nc3ncc(C(F)(F)F)cc3Cl)C(=O)C21c1ccc(Cl)cc1. The lowest BCUT2D eigenvalue weighted by atomic mass is 9.49. The maximum Gasteiger partial charge on any atom is 0.417 e. The minimum Gasteiger partial charge on any atom is -0.508 e. The second-order valence-electron chi connectivity index (χ2n) is 15.5. The Labute approximate surface area is 365 Å². The summed E-state index contributed by atoms with van der Waals surface area (Å²) in [5.74, 6) is -12.8. The van der Waals surface area contributed by atoms with E-state index in [-0.39, 0.29) is 68.5 Å². The molecule has 11 nitrogen and oxygen atoms in total. The van der Waals surface area contributed by atoms with Crippen LogP contribution in [0.4, 0.5) is 51.0 Å². The third-order valence-corrected chi connectivity index (χ3v) is 12.7. The number of amides is 4. The normalized spacial score (nSPS) is 24.6. The number of imide groups is 2. The summed E-state index contributed by atoms with van der Waals surface area (Å²) >= 11 is 12.5. The molecule has 3 fully saturated rings. The fraction of sp³-hybridized carbons (Fsp3) is 0.310. The van der Waals surface area contributed by atoms with Gasteiger partial charge in [-0.1, -0.05) is 47.0 Å². The van der Waals surface area contributed by atoms with E-state index in [1.807, 2.05) is 0 Å². The minimum atomic E-state index is -5.33. The van der Waals surface area contributed by atoms with Crippen LogP contribution in [0.25, 0.3) is 0 Å². The van der Waals surface area contributed by atoms with E-state index < -0.39 is 117 Å². The van der Waals surface area contributed by atoms with Gasteiger partial charge in [-0.3, -0.25) is 24.6 Å². The number of carbonyl (C=O) groups is 4. The molecular formula is C42H29Cl2F9N4O7. The third-order valence-electron chi connectivity index (χ3n) is 12.2. The molecule has 4 aliphatic rings. The molecular weight excluding hydrogens is 914 g/mol. The maximum atomic E-state index is 15.5. The summed E-state index contributed by atoms with van der Waals surface area (Å²) in [6, 6.07) is 8.87. The van der Waals surface area contributed by atoms with Gasteiger partial charge in [0.25, 0.3) is 11.8 Å². The summed E-state index contributed by atoms with van der Waals surface area (Å²) in [5.41, 5.74) is -5.15. The van der Waals surface area contributed by atoms with Crippen LogP contribution in [-0.2, 0) is 43.1 Å². The number of fused-ring (bicyclic) bond motifs is 4. The molecule has 64 heavy (non-hydrogen) atoms. The van der Waals surface area contributed by atoms with Crippen molar-refractivity contribution in [3.05, 3.63) is 116 Å². The lowest BCUT2D eigenvalue weighted by molar-refractivity contribution is -0.143. The van der Waals surface area contributed by atoms with Crippen molar-refractivity contribution < 1.29 is 73.3 Å². The van der Waals surface area contributed by atoms with Crippen LogP contribution in [-0.4, -0.2) is 52.9 Å². The first kappa shape index (κ1) is 44.6. The Kier molecular flexibility index (Phi) is 10.7. The molecule has 4 amide bonds. The second kappa shape index (κ2) is 15.3. The number of ether oxygens (including phenoxy) is 2. The fourth-order valence-electron chi connectivity index (χ4n) is 9.63. The van der Waals surface area contributed by atoms with Crippen LogP contribution in [0.2, 0.25) is 10.0 Å². The Morgan fingerprint density at radius 2 is 1.34 bits per heavy atom. The fourth-order valence-corrected chi connectivity index (χ4v) is 9.96. The smallest absolute Gasteiger partial charge is 0.417 e. The number of aromatic hydroxyl groups is 1. The molecule has 3 heterocycles. The third kappa shape index (κ3) is 6.96. The van der Waals surface area contributed by atoms with E-state index in [2.05, 4.69) is 10.4 Å². The zero-order valence-electron chi connectivity index (χ0n) is 32.6. The van der Waals surface area contributed by atoms with Gasteiger partial charge in [-0.15, -0.1) is 0 Å². The first-order valence-corrected chi connectivity index (χ1v) is 19.6. The van der Waals surface area contributed by atoms with Gasteiger partial charge >= 0.3 is 18.5 Å². The molecule has 0 radical (unpaired) electrons. The van der Waals surface area contributed by atoms with Gasteiger partial charge in [0, 0.05) is 34.8 Å². The highest BCUT2D eigenvalue weighted by molar-refractivity contribution is 6.33. The summed E-state index contributed by atoms with van der Waals surface area (Å²) in [6.07, 6.45) is -14.4. The molecule has 2 aliphatic heterocycles. The Morgan fingerprint density at radius 3 is 1.88 bits per heavy atom. The van der Waals surface area contributed by atoms with Crippen LogP contribution in [0.15, 0.2) is 78.5 Å². The number of benzene rings is 3. The van der Waals surface area contributed by atoms with Crippen molar-refractivity contribution in [3.8, 4) is 17.2 Å². The Morgan fingerprint density at radius 1 is 0.766 bits per heavy atom. The van der Waals surface area contributed by atoms with Gasteiger partial charge in [0.15, 0.2) is 5.82 Å². The topological polar surface area (TPSA) is 138 Å². The van der Waals surface area contributed by atoms with Crippen molar-refractivity contribution in [3.63, 3.8) is 0 Å². The Bertz CT molecular complexity index is 2620. The van der Waals surface area contributed by atoms with E-state index in [1.54, 1.807) is 0 Å². The molecule has 2 N–H and O–H groups in total. The van der Waals surface area contributed by atoms with Crippen molar-refractivity contribution in [2.45, 2.75) is 42.7 Å². The number of pyridine rings is 1. The summed E-state index contributed by atoms with van der Waals surface area (Å²) in [7, 11) is 2.43. The average Bonchev–Trinajstić information content (AvgIpc) is 3.60. The number of hydrogen-bond acceptors (Lipinski definition) is 9. The number of anilines is 2. The predicted molar refractivity (Wildman–Crippen MR) is 207 cm³/mol. The van der Waals surface area contributed by atoms with E-state index in [0.717, 1.165) is 0 Å². The zero-order chi connectivity index (χ0) is 46.6. The molecule has 4 aromatic rings. The summed E-state index contributed by atoms with van der Waals surface area (Å²) < 4.78 is 136. The zero-order valence-corrected chi connectivity index (χ0v) is 34.1. The number of aromatic nitrogens is 1. The summed E-state index contributed by atoms with van der Waals surface area (Å²) in [5, 5.41) is 10.8. The number of phenolic OH excluding ortho intramolecular Hbond substituents is 1. The lowest BCUT2D eigenvalue weighted by Crippen LogP contribution is -2.53. The molecule has 0 bridgehead atoms. The van der Waals surface area contributed by atoms with Crippen LogP contribution in [0, 0.1) is 23.7 Å². The molecule has 22 heteroatoms. The van der Waals surface area contributed by atoms with Gasteiger partial charge < -0.3 is 14.6 Å². The number of rotatable bonds is 7. The molecule has 1 saturated carbocycles. The largest absolute Gasteiger partial charge is 0.508 e. The van der Waals surface area contributed by atoms with Crippen molar-refractivity contribution in [1.29, 1.82) is 0 Å². The van der Waals surface area contributed by atoms with Crippen LogP contribution < -0.4 is 19.8 Å². The lowest BCUT2D eigenvalue weighted by Gasteiger charge is -2.51. The van der Waals surface area contributed by atoms with E-state index in [4.69, 9.17) is 32.7 Å². The molecule has 1 aromatic heterocycles. The molecule has 3 aromatic carbocycles. The van der Waals surface area contributed by atoms with Gasteiger partial charge in [0.2, 0.25) is 11.8 Å². The predicted octanol–water partition coefficient (Wildman–Crippen LogP) is 9.36. The number of nitrogens with one attached hydrogen (secondary N) is 1. The van der Waals surface area contributed by atoms with Gasteiger partial charge in [-0.05, 0) is 60.7 Å². The van der Waals surface area contributed by atoms with Crippen molar-refractivity contribution in [1.82, 2.24) is 9.99 Å². The number of hydrogen-bond donors (Lipinski definition) is 2. The Balaban J connectivity index is 1.35. The highest BCUT2D eigenvalue weighted by Crippen LogP contribution is 2.66. The van der Waals surface area contributed by atoms with Gasteiger partial charge in [-0.25, -0.2) is 9.88 Å². The number of carbonyl (C=O) groups excluding carboxylic acids is 4. The van der Waals surface area contributed by atoms with Gasteiger partial charge in [-0.2, -0.15) is 44.5 Å². The van der Waals surface area contributed by atoms with Crippen molar-refractivity contribution >= 4 is 58.3 Å². The van der Waals surface area contributed by atoms with Gasteiger partial charge in [0.05, 0.1) is 64.8 Å². The van der Waals surface area contributed by atoms with Crippen LogP contribution in [0.3, 0.4) is 0 Å². The van der Waals surface area contributed by atoms with Gasteiger partial charge in [0.1, 0.15) is 17.2 Å². The number of alkyl halides is 9. The van der Waals surface area contributed by atoms with Crippen molar-refractivity contribution in [2.75, 3.05) is 24.5 Å². The highest BCUT2D eigenvalue weighted by Gasteiger charge is 2.71.